The van der Waals surface area contributed by atoms with E-state index in [1.54, 1.807) is 21.1 Å². The number of methoxy groups -OCH3 is 2. The van der Waals surface area contributed by atoms with Crippen LogP contribution in [0.25, 0.3) is 0 Å². The Balaban J connectivity index is 2.72. The van der Waals surface area contributed by atoms with Crippen molar-refractivity contribution in [2.24, 2.45) is 16.6 Å². The molecule has 6 nitrogen and oxygen atoms in total. The van der Waals surface area contributed by atoms with Crippen LogP contribution in [-0.4, -0.2) is 32.4 Å². The van der Waals surface area contributed by atoms with Crippen molar-refractivity contribution < 1.29 is 14.3 Å². The largest absolute Gasteiger partial charge is 0.493 e. The van der Waals surface area contributed by atoms with Crippen LogP contribution >= 0.6 is 0 Å². The van der Waals surface area contributed by atoms with E-state index in [0.29, 0.717) is 30.2 Å². The smallest absolute Gasteiger partial charge is 0.240 e. The highest BCUT2D eigenvalue weighted by atomic mass is 16.5. The third kappa shape index (κ3) is 4.49. The molecule has 1 aromatic rings. The molecule has 0 aliphatic rings. The van der Waals surface area contributed by atoms with Crippen LogP contribution in [0, 0.1) is 17.2 Å². The SMILES string of the molecule is COc1ccc(CCN=C(C)C(C#N)C(N)=O)cc1OC. The first-order valence-corrected chi connectivity index (χ1v) is 6.44. The third-order valence-electron chi connectivity index (χ3n) is 3.04. The van der Waals surface area contributed by atoms with Crippen molar-refractivity contribution in [1.29, 1.82) is 5.26 Å². The molecule has 0 spiro atoms. The molecule has 0 aromatic heterocycles. The topological polar surface area (TPSA) is 97.7 Å². The summed E-state index contributed by atoms with van der Waals surface area (Å²) in [6.07, 6.45) is 0.661. The molecule has 6 heteroatoms. The number of nitrogens with zero attached hydrogens (tertiary/aromatic N) is 2. The predicted octanol–water partition coefficient (Wildman–Crippen LogP) is 1.33. The van der Waals surface area contributed by atoms with E-state index in [9.17, 15) is 4.79 Å². The van der Waals surface area contributed by atoms with Gasteiger partial charge in [-0.15, -0.1) is 0 Å². The average Bonchev–Trinajstić information content (AvgIpc) is 2.47. The Bertz CT molecular complexity index is 576. The van der Waals surface area contributed by atoms with Gasteiger partial charge in [0, 0.05) is 12.3 Å². The van der Waals surface area contributed by atoms with Crippen molar-refractivity contribution >= 4 is 11.6 Å². The summed E-state index contributed by atoms with van der Waals surface area (Å²) < 4.78 is 10.4. The van der Waals surface area contributed by atoms with Gasteiger partial charge in [0.1, 0.15) is 0 Å². The number of carbonyl (C=O) groups excluding carboxylic acids is 1. The lowest BCUT2D eigenvalue weighted by molar-refractivity contribution is -0.118. The lowest BCUT2D eigenvalue weighted by Gasteiger charge is -2.09. The number of ether oxygens (including phenoxy) is 2. The molecule has 0 aliphatic carbocycles. The van der Waals surface area contributed by atoms with Crippen molar-refractivity contribution in [2.45, 2.75) is 13.3 Å². The van der Waals surface area contributed by atoms with E-state index in [1.165, 1.54) is 0 Å². The normalized spacial score (nSPS) is 12.4. The van der Waals surface area contributed by atoms with Gasteiger partial charge in [0.2, 0.25) is 5.91 Å². The van der Waals surface area contributed by atoms with Crippen molar-refractivity contribution in [2.75, 3.05) is 20.8 Å². The number of aliphatic imine (C=N–C) groups is 1. The van der Waals surface area contributed by atoms with Gasteiger partial charge in [-0.3, -0.25) is 9.79 Å². The molecule has 1 atom stereocenters. The fourth-order valence-electron chi connectivity index (χ4n) is 1.85. The molecule has 21 heavy (non-hydrogen) atoms. The molecule has 0 aliphatic heterocycles. The zero-order valence-corrected chi connectivity index (χ0v) is 12.4. The van der Waals surface area contributed by atoms with Crippen molar-refractivity contribution in [3.8, 4) is 17.6 Å². The van der Waals surface area contributed by atoms with Crippen LogP contribution in [0.1, 0.15) is 12.5 Å². The zero-order valence-electron chi connectivity index (χ0n) is 12.4. The lowest BCUT2D eigenvalue weighted by Crippen LogP contribution is -2.27. The highest BCUT2D eigenvalue weighted by molar-refractivity contribution is 6.04. The Kier molecular flexibility index (Phi) is 6.21. The summed E-state index contributed by atoms with van der Waals surface area (Å²) in [5, 5.41) is 8.85. The zero-order chi connectivity index (χ0) is 15.8. The molecule has 0 fully saturated rings. The van der Waals surface area contributed by atoms with Gasteiger partial charge in [0.25, 0.3) is 0 Å². The Morgan fingerprint density at radius 2 is 2.05 bits per heavy atom. The van der Waals surface area contributed by atoms with Gasteiger partial charge in [-0.05, 0) is 31.0 Å². The molecule has 0 radical (unpaired) electrons. The maximum absolute atomic E-state index is 11.0. The summed E-state index contributed by atoms with van der Waals surface area (Å²) in [7, 11) is 3.16. The number of nitriles is 1. The van der Waals surface area contributed by atoms with E-state index < -0.39 is 11.8 Å². The highest BCUT2D eigenvalue weighted by Gasteiger charge is 2.17. The van der Waals surface area contributed by atoms with Gasteiger partial charge in [-0.2, -0.15) is 5.26 Å². The number of hydrogen-bond donors (Lipinski definition) is 1. The van der Waals surface area contributed by atoms with Crippen LogP contribution in [0.15, 0.2) is 23.2 Å². The maximum atomic E-state index is 11.0. The Labute approximate surface area is 124 Å². The lowest BCUT2D eigenvalue weighted by atomic mass is 10.1. The molecule has 2 N–H and O–H groups in total. The van der Waals surface area contributed by atoms with Gasteiger partial charge < -0.3 is 15.2 Å². The molecular weight excluding hydrogens is 270 g/mol. The van der Waals surface area contributed by atoms with Crippen LogP contribution < -0.4 is 15.2 Å². The minimum Gasteiger partial charge on any atom is -0.493 e. The molecule has 0 bridgehead atoms. The molecule has 1 rings (SSSR count). The quantitative estimate of drug-likeness (QED) is 0.766. The van der Waals surface area contributed by atoms with Gasteiger partial charge >= 0.3 is 0 Å². The minimum atomic E-state index is -0.963. The first-order chi connectivity index (χ1) is 10.0. The van der Waals surface area contributed by atoms with E-state index >= 15 is 0 Å². The van der Waals surface area contributed by atoms with Crippen LogP contribution in [0.3, 0.4) is 0 Å². The molecular formula is C15H19N3O3. The summed E-state index contributed by atoms with van der Waals surface area (Å²) in [5.74, 6) is -0.317. The first-order valence-electron chi connectivity index (χ1n) is 6.44. The van der Waals surface area contributed by atoms with Crippen LogP contribution in [0.2, 0.25) is 0 Å². The predicted molar refractivity (Wildman–Crippen MR) is 79.5 cm³/mol. The van der Waals surface area contributed by atoms with E-state index in [-0.39, 0.29) is 0 Å². The summed E-state index contributed by atoms with van der Waals surface area (Å²) in [6, 6.07) is 7.46. The molecule has 1 unspecified atom stereocenters. The van der Waals surface area contributed by atoms with Crippen molar-refractivity contribution in [3.63, 3.8) is 0 Å². The fraction of sp³-hybridized carbons (Fsp3) is 0.400. The second-order valence-electron chi connectivity index (χ2n) is 4.43. The number of carbonyl (C=O) groups is 1. The molecule has 1 aromatic carbocycles. The monoisotopic (exact) mass is 289 g/mol. The van der Waals surface area contributed by atoms with Gasteiger partial charge in [-0.1, -0.05) is 6.07 Å². The summed E-state index contributed by atoms with van der Waals surface area (Å²) in [6.45, 7) is 2.10. The Morgan fingerprint density at radius 3 is 2.57 bits per heavy atom. The number of amides is 1. The summed E-state index contributed by atoms with van der Waals surface area (Å²) in [5.41, 5.74) is 6.59. The number of primary amides is 1. The average molecular weight is 289 g/mol. The highest BCUT2D eigenvalue weighted by Crippen LogP contribution is 2.27. The van der Waals surface area contributed by atoms with E-state index in [2.05, 4.69) is 4.99 Å². The summed E-state index contributed by atoms with van der Waals surface area (Å²) >= 11 is 0. The molecule has 0 heterocycles. The number of benzene rings is 1. The number of nitrogens with two attached hydrogens (primary N) is 1. The number of hydrogen-bond acceptors (Lipinski definition) is 5. The fourth-order valence-corrected chi connectivity index (χ4v) is 1.85. The van der Waals surface area contributed by atoms with Gasteiger partial charge in [0.15, 0.2) is 17.4 Å². The summed E-state index contributed by atoms with van der Waals surface area (Å²) in [4.78, 5) is 15.3. The molecule has 1 amide bonds. The van der Waals surface area contributed by atoms with Crippen LogP contribution in [0.5, 0.6) is 11.5 Å². The van der Waals surface area contributed by atoms with Crippen molar-refractivity contribution in [3.05, 3.63) is 23.8 Å². The molecule has 112 valence electrons. The second kappa shape index (κ2) is 7.90. The standard InChI is InChI=1S/C15H19N3O3/c1-10(12(9-16)15(17)19)18-7-6-11-4-5-13(20-2)14(8-11)21-3/h4-5,8,12H,6-7H2,1-3H3,(H2,17,19). The van der Waals surface area contributed by atoms with E-state index in [4.69, 9.17) is 20.5 Å². The van der Waals surface area contributed by atoms with Gasteiger partial charge in [-0.25, -0.2) is 0 Å². The van der Waals surface area contributed by atoms with Crippen LogP contribution in [0.4, 0.5) is 0 Å². The van der Waals surface area contributed by atoms with E-state index in [1.807, 2.05) is 24.3 Å². The minimum absolute atomic E-state index is 0.436. The third-order valence-corrected chi connectivity index (χ3v) is 3.04. The van der Waals surface area contributed by atoms with Gasteiger partial charge in [0.05, 0.1) is 20.3 Å². The Morgan fingerprint density at radius 1 is 1.38 bits per heavy atom. The van der Waals surface area contributed by atoms with Crippen molar-refractivity contribution in [1.82, 2.24) is 0 Å². The number of rotatable bonds is 7. The second-order valence-corrected chi connectivity index (χ2v) is 4.43. The molecule has 0 saturated heterocycles. The maximum Gasteiger partial charge on any atom is 0.240 e. The van der Waals surface area contributed by atoms with E-state index in [0.717, 1.165) is 5.56 Å². The van der Waals surface area contributed by atoms with Crippen LogP contribution in [-0.2, 0) is 11.2 Å². The first kappa shape index (κ1) is 16.5. The Hall–Kier alpha value is -2.55. The molecule has 0 saturated carbocycles.